The molecule has 0 atom stereocenters. The summed E-state index contributed by atoms with van der Waals surface area (Å²) in [5.41, 5.74) is 2.15. The van der Waals surface area contributed by atoms with Crippen LogP contribution in [-0.2, 0) is 17.5 Å². The van der Waals surface area contributed by atoms with Gasteiger partial charge >= 0.3 is 12.1 Å². The number of esters is 1. The summed E-state index contributed by atoms with van der Waals surface area (Å²) in [5.74, 6) is -0.597. The SMILES string of the molecule is Cc1c(NC(=S)N(C)C)ccc(C(=O)OCc2cccc(C(F)(F)F)c2)c1C. The summed E-state index contributed by atoms with van der Waals surface area (Å²) in [6.45, 7) is 3.38. The molecule has 28 heavy (non-hydrogen) atoms. The normalized spacial score (nSPS) is 11.1. The Morgan fingerprint density at radius 3 is 2.43 bits per heavy atom. The van der Waals surface area contributed by atoms with Crippen molar-refractivity contribution < 1.29 is 22.7 Å². The second kappa shape index (κ2) is 8.60. The maximum atomic E-state index is 12.8. The van der Waals surface area contributed by atoms with Crippen LogP contribution < -0.4 is 5.32 Å². The summed E-state index contributed by atoms with van der Waals surface area (Å²) >= 11 is 5.22. The molecule has 2 aromatic carbocycles. The highest BCUT2D eigenvalue weighted by atomic mass is 32.1. The van der Waals surface area contributed by atoms with E-state index in [-0.39, 0.29) is 12.2 Å². The van der Waals surface area contributed by atoms with Gasteiger partial charge in [0.2, 0.25) is 0 Å². The number of benzene rings is 2. The number of hydrogen-bond donors (Lipinski definition) is 1. The summed E-state index contributed by atoms with van der Waals surface area (Å²) < 4.78 is 43.6. The highest BCUT2D eigenvalue weighted by molar-refractivity contribution is 7.80. The number of halogens is 3. The molecule has 0 unspecified atom stereocenters. The van der Waals surface area contributed by atoms with E-state index in [4.69, 9.17) is 17.0 Å². The van der Waals surface area contributed by atoms with Gasteiger partial charge in [-0.3, -0.25) is 0 Å². The molecule has 2 aromatic rings. The number of nitrogens with zero attached hydrogens (tertiary/aromatic N) is 1. The summed E-state index contributed by atoms with van der Waals surface area (Å²) in [6.07, 6.45) is -4.44. The van der Waals surface area contributed by atoms with Gasteiger partial charge in [0.05, 0.1) is 11.1 Å². The number of thiocarbonyl (C=S) groups is 1. The molecule has 0 aliphatic rings. The topological polar surface area (TPSA) is 41.6 Å². The monoisotopic (exact) mass is 410 g/mol. The molecular weight excluding hydrogens is 389 g/mol. The molecule has 0 saturated heterocycles. The molecule has 0 amide bonds. The minimum atomic E-state index is -4.44. The second-order valence-corrected chi connectivity index (χ2v) is 6.90. The van der Waals surface area contributed by atoms with Gasteiger partial charge in [0.1, 0.15) is 6.61 Å². The van der Waals surface area contributed by atoms with Crippen LogP contribution in [0.4, 0.5) is 18.9 Å². The van der Waals surface area contributed by atoms with Crippen molar-refractivity contribution in [2.45, 2.75) is 26.6 Å². The van der Waals surface area contributed by atoms with E-state index in [0.717, 1.165) is 23.4 Å². The van der Waals surface area contributed by atoms with Crippen LogP contribution >= 0.6 is 12.2 Å². The molecule has 150 valence electrons. The lowest BCUT2D eigenvalue weighted by Gasteiger charge is -2.19. The summed E-state index contributed by atoms with van der Waals surface area (Å²) in [5, 5.41) is 3.62. The number of nitrogens with one attached hydrogen (secondary N) is 1. The smallest absolute Gasteiger partial charge is 0.416 e. The van der Waals surface area contributed by atoms with Gasteiger partial charge in [0.25, 0.3) is 0 Å². The molecule has 0 bridgehead atoms. The van der Waals surface area contributed by atoms with Gasteiger partial charge in [0.15, 0.2) is 5.11 Å². The third-order valence-electron chi connectivity index (χ3n) is 4.28. The maximum absolute atomic E-state index is 12.8. The zero-order chi connectivity index (χ0) is 21.1. The molecule has 0 heterocycles. The molecule has 4 nitrogen and oxygen atoms in total. The van der Waals surface area contributed by atoms with Gasteiger partial charge in [-0.05, 0) is 67.0 Å². The van der Waals surface area contributed by atoms with Crippen molar-refractivity contribution >= 4 is 29.0 Å². The number of hydrogen-bond acceptors (Lipinski definition) is 3. The van der Waals surface area contributed by atoms with Crippen LogP contribution in [0.1, 0.15) is 32.6 Å². The van der Waals surface area contributed by atoms with Crippen LogP contribution in [0.15, 0.2) is 36.4 Å². The highest BCUT2D eigenvalue weighted by Gasteiger charge is 2.30. The lowest BCUT2D eigenvalue weighted by atomic mass is 10.0. The van der Waals surface area contributed by atoms with Crippen molar-refractivity contribution in [1.29, 1.82) is 0 Å². The lowest BCUT2D eigenvalue weighted by Crippen LogP contribution is -2.27. The van der Waals surface area contributed by atoms with Crippen molar-refractivity contribution in [3.8, 4) is 0 Å². The van der Waals surface area contributed by atoms with Crippen LogP contribution in [0.5, 0.6) is 0 Å². The van der Waals surface area contributed by atoms with Gasteiger partial charge in [-0.15, -0.1) is 0 Å². The fourth-order valence-electron chi connectivity index (χ4n) is 2.47. The van der Waals surface area contributed by atoms with E-state index in [1.807, 2.05) is 21.0 Å². The Kier molecular flexibility index (Phi) is 6.66. The maximum Gasteiger partial charge on any atom is 0.416 e. The molecule has 0 aliphatic heterocycles. The van der Waals surface area contributed by atoms with Crippen molar-refractivity contribution in [1.82, 2.24) is 4.90 Å². The molecule has 0 radical (unpaired) electrons. The minimum Gasteiger partial charge on any atom is -0.457 e. The number of carbonyl (C=O) groups excluding carboxylic acids is 1. The van der Waals surface area contributed by atoms with Crippen LogP contribution in [0.25, 0.3) is 0 Å². The van der Waals surface area contributed by atoms with Gasteiger partial charge in [-0.1, -0.05) is 12.1 Å². The fourth-order valence-corrected chi connectivity index (χ4v) is 2.58. The van der Waals surface area contributed by atoms with Crippen molar-refractivity contribution in [2.75, 3.05) is 19.4 Å². The fraction of sp³-hybridized carbons (Fsp3) is 0.300. The summed E-state index contributed by atoms with van der Waals surface area (Å²) in [6, 6.07) is 8.05. The predicted octanol–water partition coefficient (Wildman–Crippen LogP) is 4.94. The van der Waals surface area contributed by atoms with Crippen LogP contribution in [-0.4, -0.2) is 30.1 Å². The van der Waals surface area contributed by atoms with Crippen LogP contribution in [0.3, 0.4) is 0 Å². The Morgan fingerprint density at radius 2 is 1.82 bits per heavy atom. The Labute approximate surface area is 167 Å². The van der Waals surface area contributed by atoms with Crippen molar-refractivity contribution in [3.63, 3.8) is 0 Å². The largest absolute Gasteiger partial charge is 0.457 e. The molecule has 2 rings (SSSR count). The van der Waals surface area contributed by atoms with E-state index in [9.17, 15) is 18.0 Å². The van der Waals surface area contributed by atoms with Gasteiger partial charge < -0.3 is 15.0 Å². The Bertz CT molecular complexity index is 896. The first-order valence-electron chi connectivity index (χ1n) is 8.42. The highest BCUT2D eigenvalue weighted by Crippen LogP contribution is 2.30. The number of anilines is 1. The Hall–Kier alpha value is -2.61. The lowest BCUT2D eigenvalue weighted by molar-refractivity contribution is -0.137. The minimum absolute atomic E-state index is 0.244. The molecule has 0 fully saturated rings. The standard InChI is InChI=1S/C20H21F3N2O2S/c1-12-13(2)17(24-19(28)25(3)4)9-8-16(12)18(26)27-11-14-6-5-7-15(10-14)20(21,22)23/h5-10H,11H2,1-4H3,(H,24,28). The average molecular weight is 410 g/mol. The molecule has 8 heteroatoms. The van der Waals surface area contributed by atoms with E-state index in [2.05, 4.69) is 5.32 Å². The number of ether oxygens (including phenoxy) is 1. The number of rotatable bonds is 4. The van der Waals surface area contributed by atoms with Gasteiger partial charge in [-0.2, -0.15) is 13.2 Å². The summed E-state index contributed by atoms with van der Waals surface area (Å²) in [4.78, 5) is 14.2. The average Bonchev–Trinajstić information content (AvgIpc) is 2.63. The van der Waals surface area contributed by atoms with E-state index in [1.165, 1.54) is 12.1 Å². The summed E-state index contributed by atoms with van der Waals surface area (Å²) in [7, 11) is 3.63. The van der Waals surface area contributed by atoms with Crippen LogP contribution in [0, 0.1) is 13.8 Å². The van der Waals surface area contributed by atoms with E-state index >= 15 is 0 Å². The molecule has 0 aromatic heterocycles. The van der Waals surface area contributed by atoms with Crippen molar-refractivity contribution in [3.05, 3.63) is 64.2 Å². The van der Waals surface area contributed by atoms with E-state index in [1.54, 1.807) is 24.0 Å². The molecular formula is C20H21F3N2O2S. The third kappa shape index (κ3) is 5.22. The van der Waals surface area contributed by atoms with Crippen LogP contribution in [0.2, 0.25) is 0 Å². The first kappa shape index (κ1) is 21.7. The number of alkyl halides is 3. The first-order chi connectivity index (χ1) is 13.0. The van der Waals surface area contributed by atoms with Gasteiger partial charge in [-0.25, -0.2) is 4.79 Å². The zero-order valence-electron chi connectivity index (χ0n) is 16.0. The zero-order valence-corrected chi connectivity index (χ0v) is 16.8. The predicted molar refractivity (Wildman–Crippen MR) is 106 cm³/mol. The third-order valence-corrected chi connectivity index (χ3v) is 4.75. The quantitative estimate of drug-likeness (QED) is 0.571. The number of carbonyl (C=O) groups is 1. The second-order valence-electron chi connectivity index (χ2n) is 6.51. The Balaban J connectivity index is 2.13. The van der Waals surface area contributed by atoms with Crippen molar-refractivity contribution in [2.24, 2.45) is 0 Å². The molecule has 0 aliphatic carbocycles. The van der Waals surface area contributed by atoms with E-state index in [0.29, 0.717) is 16.2 Å². The van der Waals surface area contributed by atoms with E-state index < -0.39 is 17.7 Å². The first-order valence-corrected chi connectivity index (χ1v) is 8.83. The molecule has 0 saturated carbocycles. The van der Waals surface area contributed by atoms with Gasteiger partial charge in [0, 0.05) is 19.8 Å². The molecule has 0 spiro atoms. The molecule has 1 N–H and O–H groups in total. The Morgan fingerprint density at radius 1 is 1.14 bits per heavy atom.